The van der Waals surface area contributed by atoms with Crippen molar-refractivity contribution in [1.29, 1.82) is 0 Å². The molecule has 3 nitrogen and oxygen atoms in total. The van der Waals surface area contributed by atoms with Crippen LogP contribution in [0.5, 0.6) is 5.75 Å². The maximum Gasteiger partial charge on any atom is 0.336 e. The fraction of sp³-hybridized carbons (Fsp3) is 0.0455. The van der Waals surface area contributed by atoms with Gasteiger partial charge in [0.05, 0.1) is 5.56 Å². The molecule has 3 aromatic rings. The van der Waals surface area contributed by atoms with E-state index in [1.807, 2.05) is 54.6 Å². The van der Waals surface area contributed by atoms with E-state index in [4.69, 9.17) is 4.74 Å². The fourth-order valence-electron chi connectivity index (χ4n) is 2.72. The third-order valence-corrected chi connectivity index (χ3v) is 4.66. The Bertz CT molecular complexity index is 949. The fourth-order valence-corrected chi connectivity index (χ4v) is 3.33. The van der Waals surface area contributed by atoms with Gasteiger partial charge >= 0.3 is 5.97 Å². The summed E-state index contributed by atoms with van der Waals surface area (Å²) in [6.07, 6.45) is 0. The zero-order chi connectivity index (χ0) is 18.5. The van der Waals surface area contributed by atoms with Gasteiger partial charge < -0.3 is 9.84 Å². The number of carbonyl (C=O) groups is 1. The van der Waals surface area contributed by atoms with Crippen LogP contribution in [-0.2, 0) is 6.61 Å². The highest BCUT2D eigenvalue weighted by atomic mass is 79.9. The summed E-state index contributed by atoms with van der Waals surface area (Å²) in [7, 11) is 0. The lowest BCUT2D eigenvalue weighted by Gasteiger charge is -2.16. The Labute approximate surface area is 160 Å². The molecule has 0 amide bonds. The first-order chi connectivity index (χ1) is 12.6. The number of carboxylic acids is 1. The molecule has 130 valence electrons. The predicted octanol–water partition coefficient (Wildman–Crippen LogP) is 5.79. The third kappa shape index (κ3) is 3.86. The molecule has 3 rings (SSSR count). The number of benzene rings is 3. The van der Waals surface area contributed by atoms with Crippen molar-refractivity contribution in [3.63, 3.8) is 0 Å². The molecule has 1 N–H and O–H groups in total. The lowest BCUT2D eigenvalue weighted by Crippen LogP contribution is -2.04. The maximum atomic E-state index is 11.6. The standard InChI is InChI=1S/C22H17BrO3/c1-15(21-18(22(24)25)11-7-12-19(21)23)17-10-5-6-13-20(17)26-14-16-8-3-2-4-9-16/h2-13H,1,14H2,(H,24,25). The van der Waals surface area contributed by atoms with Gasteiger partial charge in [-0.25, -0.2) is 4.79 Å². The average molecular weight is 409 g/mol. The Hall–Kier alpha value is -2.85. The Morgan fingerprint density at radius 3 is 2.31 bits per heavy atom. The van der Waals surface area contributed by atoms with E-state index in [1.54, 1.807) is 18.2 Å². The number of hydrogen-bond donors (Lipinski definition) is 1. The van der Waals surface area contributed by atoms with Crippen LogP contribution in [0.25, 0.3) is 5.57 Å². The number of carboxylic acid groups (broad SMARTS) is 1. The minimum Gasteiger partial charge on any atom is -0.488 e. The van der Waals surface area contributed by atoms with E-state index >= 15 is 0 Å². The van der Waals surface area contributed by atoms with Crippen molar-refractivity contribution in [2.24, 2.45) is 0 Å². The van der Waals surface area contributed by atoms with Crippen molar-refractivity contribution >= 4 is 27.5 Å². The molecule has 0 heterocycles. The number of aromatic carboxylic acids is 1. The van der Waals surface area contributed by atoms with Gasteiger partial charge in [-0.15, -0.1) is 0 Å². The van der Waals surface area contributed by atoms with Gasteiger partial charge in [-0.05, 0) is 29.3 Å². The van der Waals surface area contributed by atoms with Crippen LogP contribution in [0.4, 0.5) is 0 Å². The van der Waals surface area contributed by atoms with Crippen molar-refractivity contribution in [2.45, 2.75) is 6.61 Å². The summed E-state index contributed by atoms with van der Waals surface area (Å²) in [4.78, 5) is 11.6. The van der Waals surface area contributed by atoms with Crippen LogP contribution in [0.2, 0.25) is 0 Å². The van der Waals surface area contributed by atoms with Crippen LogP contribution in [-0.4, -0.2) is 11.1 Å². The molecule has 0 aliphatic rings. The van der Waals surface area contributed by atoms with E-state index in [-0.39, 0.29) is 5.56 Å². The number of halogens is 1. The molecule has 4 heteroatoms. The second kappa shape index (κ2) is 8.02. The third-order valence-electron chi connectivity index (χ3n) is 4.00. The van der Waals surface area contributed by atoms with Crippen LogP contribution in [0.3, 0.4) is 0 Å². The lowest BCUT2D eigenvalue weighted by atomic mass is 9.94. The van der Waals surface area contributed by atoms with Crippen LogP contribution in [0, 0.1) is 0 Å². The lowest BCUT2D eigenvalue weighted by molar-refractivity contribution is 0.0696. The predicted molar refractivity (Wildman–Crippen MR) is 106 cm³/mol. The molecule has 0 saturated heterocycles. The number of rotatable bonds is 6. The smallest absolute Gasteiger partial charge is 0.336 e. The van der Waals surface area contributed by atoms with Crippen LogP contribution < -0.4 is 4.74 Å². The second-order valence-electron chi connectivity index (χ2n) is 5.72. The average Bonchev–Trinajstić information content (AvgIpc) is 2.66. The van der Waals surface area contributed by atoms with Crippen molar-refractivity contribution in [1.82, 2.24) is 0 Å². The van der Waals surface area contributed by atoms with Gasteiger partial charge in [0.2, 0.25) is 0 Å². The van der Waals surface area contributed by atoms with Crippen molar-refractivity contribution in [3.8, 4) is 5.75 Å². The van der Waals surface area contributed by atoms with E-state index in [0.29, 0.717) is 28.0 Å². The number of ether oxygens (including phenoxy) is 1. The SMILES string of the molecule is C=C(c1ccccc1OCc1ccccc1)c1c(Br)cccc1C(=O)O. The summed E-state index contributed by atoms with van der Waals surface area (Å²) >= 11 is 3.45. The summed E-state index contributed by atoms with van der Waals surface area (Å²) in [6, 6.07) is 22.5. The van der Waals surface area contributed by atoms with Crippen molar-refractivity contribution in [3.05, 3.63) is 106 Å². The minimum absolute atomic E-state index is 0.197. The highest BCUT2D eigenvalue weighted by Crippen LogP contribution is 2.35. The first kappa shape index (κ1) is 18.0. The first-order valence-electron chi connectivity index (χ1n) is 8.05. The molecule has 3 aromatic carbocycles. The summed E-state index contributed by atoms with van der Waals surface area (Å²) in [5.41, 5.74) is 3.16. The highest BCUT2D eigenvalue weighted by molar-refractivity contribution is 9.10. The quantitative estimate of drug-likeness (QED) is 0.561. The molecule has 26 heavy (non-hydrogen) atoms. The molecule has 0 aliphatic heterocycles. The Morgan fingerprint density at radius 2 is 1.58 bits per heavy atom. The molecule has 0 aromatic heterocycles. The highest BCUT2D eigenvalue weighted by Gasteiger charge is 2.18. The van der Waals surface area contributed by atoms with E-state index < -0.39 is 5.97 Å². The summed E-state index contributed by atoms with van der Waals surface area (Å²) in [6.45, 7) is 4.56. The summed E-state index contributed by atoms with van der Waals surface area (Å²) < 4.78 is 6.66. The van der Waals surface area contributed by atoms with Crippen LogP contribution in [0.15, 0.2) is 83.8 Å². The molecular formula is C22H17BrO3. The van der Waals surface area contributed by atoms with Gasteiger partial charge in [0, 0.05) is 15.6 Å². The van der Waals surface area contributed by atoms with Gasteiger partial charge in [0.15, 0.2) is 0 Å². The van der Waals surface area contributed by atoms with Crippen LogP contribution >= 0.6 is 15.9 Å². The first-order valence-corrected chi connectivity index (χ1v) is 8.84. The normalized spacial score (nSPS) is 10.3. The molecule has 0 radical (unpaired) electrons. The van der Waals surface area contributed by atoms with Gasteiger partial charge in [0.25, 0.3) is 0 Å². The molecule has 0 fully saturated rings. The zero-order valence-corrected chi connectivity index (χ0v) is 15.6. The molecule has 0 atom stereocenters. The van der Waals surface area contributed by atoms with E-state index in [2.05, 4.69) is 22.5 Å². The summed E-state index contributed by atoms with van der Waals surface area (Å²) in [5, 5.41) is 9.51. The molecule has 0 unspecified atom stereocenters. The topological polar surface area (TPSA) is 46.5 Å². The number of hydrogen-bond acceptors (Lipinski definition) is 2. The monoisotopic (exact) mass is 408 g/mol. The van der Waals surface area contributed by atoms with E-state index in [1.165, 1.54) is 0 Å². The molecular weight excluding hydrogens is 392 g/mol. The Balaban J connectivity index is 1.95. The second-order valence-corrected chi connectivity index (χ2v) is 6.57. The molecule has 0 saturated carbocycles. The van der Waals surface area contributed by atoms with Gasteiger partial charge in [-0.1, -0.05) is 77.1 Å². The van der Waals surface area contributed by atoms with E-state index in [0.717, 1.165) is 11.1 Å². The zero-order valence-electron chi connectivity index (χ0n) is 14.0. The van der Waals surface area contributed by atoms with Gasteiger partial charge in [-0.2, -0.15) is 0 Å². The van der Waals surface area contributed by atoms with Crippen molar-refractivity contribution in [2.75, 3.05) is 0 Å². The molecule has 0 spiro atoms. The Morgan fingerprint density at radius 1 is 0.923 bits per heavy atom. The molecule has 0 aliphatic carbocycles. The minimum atomic E-state index is -0.995. The van der Waals surface area contributed by atoms with Gasteiger partial charge in [-0.3, -0.25) is 0 Å². The van der Waals surface area contributed by atoms with Crippen molar-refractivity contribution < 1.29 is 14.6 Å². The summed E-state index contributed by atoms with van der Waals surface area (Å²) in [5.74, 6) is -0.335. The Kier molecular flexibility index (Phi) is 5.54. The largest absolute Gasteiger partial charge is 0.488 e. The molecule has 0 bridgehead atoms. The van der Waals surface area contributed by atoms with Crippen LogP contribution in [0.1, 0.15) is 27.0 Å². The maximum absolute atomic E-state index is 11.6. The van der Waals surface area contributed by atoms with E-state index in [9.17, 15) is 9.90 Å². The van der Waals surface area contributed by atoms with Gasteiger partial charge in [0.1, 0.15) is 12.4 Å². The number of para-hydroxylation sites is 1.